The SMILES string of the molecule is Cc1ccc(-c2c(O)n3nc(N)nc3[nH]c2=O)cc1. The largest absolute Gasteiger partial charge is 0.493 e. The minimum Gasteiger partial charge on any atom is -0.493 e. The number of anilines is 1. The highest BCUT2D eigenvalue weighted by Gasteiger charge is 2.16. The summed E-state index contributed by atoms with van der Waals surface area (Å²) < 4.78 is 1.10. The Balaban J connectivity index is 2.34. The van der Waals surface area contributed by atoms with E-state index < -0.39 is 5.56 Å². The molecule has 0 aliphatic carbocycles. The molecule has 2 aromatic heterocycles. The number of aromatic hydroxyl groups is 1. The molecule has 0 unspecified atom stereocenters. The van der Waals surface area contributed by atoms with Crippen LogP contribution < -0.4 is 11.3 Å². The van der Waals surface area contributed by atoms with Gasteiger partial charge in [0.15, 0.2) is 0 Å². The van der Waals surface area contributed by atoms with Gasteiger partial charge in [-0.25, -0.2) is 0 Å². The van der Waals surface area contributed by atoms with E-state index in [0.29, 0.717) is 5.56 Å². The lowest BCUT2D eigenvalue weighted by Gasteiger charge is -2.05. The second-order valence-electron chi connectivity index (χ2n) is 4.22. The quantitative estimate of drug-likeness (QED) is 0.594. The topological polar surface area (TPSA) is 109 Å². The van der Waals surface area contributed by atoms with Gasteiger partial charge in [-0.05, 0) is 12.5 Å². The number of nitrogen functional groups attached to an aromatic ring is 1. The normalized spacial score (nSPS) is 11.0. The molecule has 0 radical (unpaired) electrons. The Hall–Kier alpha value is -2.83. The first kappa shape index (κ1) is 11.3. The molecule has 3 rings (SSSR count). The van der Waals surface area contributed by atoms with Crippen molar-refractivity contribution in [1.82, 2.24) is 19.6 Å². The average molecular weight is 257 g/mol. The minimum absolute atomic E-state index is 0.0213. The summed E-state index contributed by atoms with van der Waals surface area (Å²) in [6.45, 7) is 1.94. The van der Waals surface area contributed by atoms with Crippen LogP contribution in [0.1, 0.15) is 5.56 Å². The number of aromatic nitrogens is 4. The number of H-pyrrole nitrogens is 1. The molecule has 0 saturated heterocycles. The molecule has 0 atom stereocenters. The number of aryl methyl sites for hydroxylation is 1. The van der Waals surface area contributed by atoms with Crippen molar-refractivity contribution in [1.29, 1.82) is 0 Å². The zero-order chi connectivity index (χ0) is 13.6. The van der Waals surface area contributed by atoms with Crippen LogP contribution in [0.25, 0.3) is 16.9 Å². The number of aromatic amines is 1. The van der Waals surface area contributed by atoms with Crippen LogP contribution in [0, 0.1) is 6.92 Å². The average Bonchev–Trinajstić information content (AvgIpc) is 2.72. The van der Waals surface area contributed by atoms with E-state index in [1.807, 2.05) is 19.1 Å². The summed E-state index contributed by atoms with van der Waals surface area (Å²) in [5.74, 6) is -0.199. The third-order valence-electron chi connectivity index (χ3n) is 2.84. The standard InChI is InChI=1S/C12H11N5O2/c1-6-2-4-7(5-3-6)8-9(18)14-12-15-11(13)16-17(12)10(8)19/h2-5,19H,1H3,(H3,13,14,15,16,18). The summed E-state index contributed by atoms with van der Waals surface area (Å²) in [6.07, 6.45) is 0. The Morgan fingerprint density at radius 3 is 2.68 bits per heavy atom. The van der Waals surface area contributed by atoms with Crippen LogP contribution >= 0.6 is 0 Å². The zero-order valence-corrected chi connectivity index (χ0v) is 10.1. The van der Waals surface area contributed by atoms with Gasteiger partial charge < -0.3 is 10.8 Å². The number of hydrogen-bond acceptors (Lipinski definition) is 5. The van der Waals surface area contributed by atoms with Crippen molar-refractivity contribution in [3.8, 4) is 17.0 Å². The summed E-state index contributed by atoms with van der Waals surface area (Å²) in [4.78, 5) is 18.3. The Kier molecular flexibility index (Phi) is 2.28. The number of nitrogens with one attached hydrogen (secondary N) is 1. The number of nitrogens with two attached hydrogens (primary N) is 1. The highest BCUT2D eigenvalue weighted by atomic mass is 16.3. The van der Waals surface area contributed by atoms with Crippen LogP contribution in [0.2, 0.25) is 0 Å². The van der Waals surface area contributed by atoms with Crippen molar-refractivity contribution < 1.29 is 5.11 Å². The zero-order valence-electron chi connectivity index (χ0n) is 10.1. The lowest BCUT2D eigenvalue weighted by molar-refractivity contribution is 0.437. The first-order valence-electron chi connectivity index (χ1n) is 5.61. The Morgan fingerprint density at radius 2 is 2.00 bits per heavy atom. The molecule has 0 saturated carbocycles. The van der Waals surface area contributed by atoms with Crippen molar-refractivity contribution in [2.75, 3.05) is 5.73 Å². The van der Waals surface area contributed by atoms with Gasteiger partial charge in [-0.1, -0.05) is 29.8 Å². The molecule has 19 heavy (non-hydrogen) atoms. The van der Waals surface area contributed by atoms with E-state index in [4.69, 9.17) is 5.73 Å². The molecule has 7 nitrogen and oxygen atoms in total. The van der Waals surface area contributed by atoms with Crippen LogP contribution in [-0.2, 0) is 0 Å². The fourth-order valence-electron chi connectivity index (χ4n) is 1.91. The second kappa shape index (κ2) is 3.84. The molecule has 3 aromatic rings. The first-order chi connectivity index (χ1) is 9.06. The van der Waals surface area contributed by atoms with Gasteiger partial charge in [0, 0.05) is 0 Å². The van der Waals surface area contributed by atoms with Gasteiger partial charge in [0.2, 0.25) is 17.6 Å². The third-order valence-corrected chi connectivity index (χ3v) is 2.84. The van der Waals surface area contributed by atoms with E-state index in [1.54, 1.807) is 12.1 Å². The van der Waals surface area contributed by atoms with Crippen LogP contribution in [0.3, 0.4) is 0 Å². The van der Waals surface area contributed by atoms with Gasteiger partial charge >= 0.3 is 0 Å². The fraction of sp³-hybridized carbons (Fsp3) is 0.0833. The fourth-order valence-corrected chi connectivity index (χ4v) is 1.91. The van der Waals surface area contributed by atoms with Gasteiger partial charge in [0.1, 0.15) is 5.56 Å². The summed E-state index contributed by atoms with van der Waals surface area (Å²) in [7, 11) is 0. The molecule has 0 amide bonds. The molecule has 1 aromatic carbocycles. The number of fused-ring (bicyclic) bond motifs is 1. The lowest BCUT2D eigenvalue weighted by Crippen LogP contribution is -2.12. The van der Waals surface area contributed by atoms with E-state index in [2.05, 4.69) is 15.1 Å². The van der Waals surface area contributed by atoms with Crippen LogP contribution in [-0.4, -0.2) is 24.7 Å². The molecule has 0 spiro atoms. The van der Waals surface area contributed by atoms with E-state index in [-0.39, 0.29) is 23.2 Å². The van der Waals surface area contributed by atoms with Gasteiger partial charge in [0.25, 0.3) is 5.56 Å². The summed E-state index contributed by atoms with van der Waals surface area (Å²) in [6, 6.07) is 7.22. The smallest absolute Gasteiger partial charge is 0.264 e. The van der Waals surface area contributed by atoms with Crippen molar-refractivity contribution in [2.45, 2.75) is 6.92 Å². The maximum Gasteiger partial charge on any atom is 0.264 e. The molecular weight excluding hydrogens is 246 g/mol. The molecule has 0 aliphatic heterocycles. The molecule has 2 heterocycles. The highest BCUT2D eigenvalue weighted by molar-refractivity contribution is 5.68. The molecule has 7 heteroatoms. The minimum atomic E-state index is -0.443. The predicted octanol–water partition coefficient (Wildman–Crippen LogP) is 0.681. The van der Waals surface area contributed by atoms with Gasteiger partial charge in [-0.3, -0.25) is 9.78 Å². The molecule has 96 valence electrons. The van der Waals surface area contributed by atoms with Crippen molar-refractivity contribution in [2.24, 2.45) is 0 Å². The van der Waals surface area contributed by atoms with Crippen LogP contribution in [0.5, 0.6) is 5.88 Å². The van der Waals surface area contributed by atoms with E-state index in [0.717, 1.165) is 10.1 Å². The Labute approximate surface area is 107 Å². The van der Waals surface area contributed by atoms with Crippen molar-refractivity contribution in [3.05, 3.63) is 40.2 Å². The van der Waals surface area contributed by atoms with E-state index in [9.17, 15) is 9.90 Å². The molecule has 4 N–H and O–H groups in total. The molecule has 0 bridgehead atoms. The van der Waals surface area contributed by atoms with Gasteiger partial charge in [-0.2, -0.15) is 9.50 Å². The van der Waals surface area contributed by atoms with Gasteiger partial charge in [-0.15, -0.1) is 5.10 Å². The Bertz CT molecular complexity index is 816. The summed E-state index contributed by atoms with van der Waals surface area (Å²) >= 11 is 0. The third kappa shape index (κ3) is 1.71. The van der Waals surface area contributed by atoms with Gasteiger partial charge in [0.05, 0.1) is 0 Å². The monoisotopic (exact) mass is 257 g/mol. The molecule has 0 aliphatic rings. The second-order valence-corrected chi connectivity index (χ2v) is 4.22. The molecule has 0 fully saturated rings. The summed E-state index contributed by atoms with van der Waals surface area (Å²) in [5.41, 5.74) is 6.79. The molecular formula is C12H11N5O2. The lowest BCUT2D eigenvalue weighted by atomic mass is 10.1. The highest BCUT2D eigenvalue weighted by Crippen LogP contribution is 2.25. The summed E-state index contributed by atoms with van der Waals surface area (Å²) in [5, 5.41) is 14.0. The van der Waals surface area contributed by atoms with E-state index >= 15 is 0 Å². The number of rotatable bonds is 1. The Morgan fingerprint density at radius 1 is 1.32 bits per heavy atom. The number of nitrogens with zero attached hydrogens (tertiary/aromatic N) is 3. The van der Waals surface area contributed by atoms with Crippen molar-refractivity contribution >= 4 is 11.7 Å². The van der Waals surface area contributed by atoms with Crippen LogP contribution in [0.4, 0.5) is 5.95 Å². The maximum atomic E-state index is 12.0. The predicted molar refractivity (Wildman–Crippen MR) is 69.9 cm³/mol. The first-order valence-corrected chi connectivity index (χ1v) is 5.61. The van der Waals surface area contributed by atoms with Crippen LogP contribution in [0.15, 0.2) is 29.1 Å². The maximum absolute atomic E-state index is 12.0. The van der Waals surface area contributed by atoms with Crippen molar-refractivity contribution in [3.63, 3.8) is 0 Å². The number of benzene rings is 1. The number of hydrogen-bond donors (Lipinski definition) is 3. The van der Waals surface area contributed by atoms with E-state index in [1.165, 1.54) is 0 Å².